The lowest BCUT2D eigenvalue weighted by atomic mass is 10.1. The van der Waals surface area contributed by atoms with Gasteiger partial charge in [-0.25, -0.2) is 0 Å². The van der Waals surface area contributed by atoms with Crippen LogP contribution in [0.15, 0.2) is 54.6 Å². The van der Waals surface area contributed by atoms with Crippen molar-refractivity contribution in [2.24, 2.45) is 0 Å². The van der Waals surface area contributed by atoms with Crippen molar-refractivity contribution in [2.75, 3.05) is 13.1 Å². The van der Waals surface area contributed by atoms with Crippen LogP contribution in [0.2, 0.25) is 0 Å². The molecule has 2 N–H and O–H groups in total. The van der Waals surface area contributed by atoms with Crippen LogP contribution in [0.4, 0.5) is 0 Å². The summed E-state index contributed by atoms with van der Waals surface area (Å²) in [5.74, 6) is -0.474. The van der Waals surface area contributed by atoms with Gasteiger partial charge < -0.3 is 15.4 Å². The first kappa shape index (κ1) is 19.2. The van der Waals surface area contributed by atoms with Crippen molar-refractivity contribution in [1.82, 2.24) is 10.6 Å². The Morgan fingerprint density at radius 1 is 0.923 bits per heavy atom. The van der Waals surface area contributed by atoms with Crippen LogP contribution in [0.25, 0.3) is 0 Å². The zero-order valence-corrected chi connectivity index (χ0v) is 14.7. The number of hydrogen-bond acceptors (Lipinski definition) is 4. The van der Waals surface area contributed by atoms with E-state index in [1.807, 2.05) is 30.3 Å². The van der Waals surface area contributed by atoms with Gasteiger partial charge in [0, 0.05) is 32.0 Å². The Bertz CT molecular complexity index is 759. The second kappa shape index (κ2) is 9.98. The molecule has 0 heterocycles. The van der Waals surface area contributed by atoms with E-state index in [1.165, 1.54) is 13.0 Å². The normalized spacial score (nSPS) is 10.0. The molecule has 0 aliphatic rings. The van der Waals surface area contributed by atoms with E-state index in [-0.39, 0.29) is 11.8 Å². The summed E-state index contributed by atoms with van der Waals surface area (Å²) in [5.41, 5.74) is 1.50. The zero-order valence-electron chi connectivity index (χ0n) is 14.7. The van der Waals surface area contributed by atoms with Crippen LogP contribution in [-0.2, 0) is 16.0 Å². The molecule has 0 radical (unpaired) electrons. The summed E-state index contributed by atoms with van der Waals surface area (Å²) in [5, 5.41) is 5.49. The van der Waals surface area contributed by atoms with E-state index in [4.69, 9.17) is 4.74 Å². The van der Waals surface area contributed by atoms with Gasteiger partial charge in [0.25, 0.3) is 5.91 Å². The molecule has 0 atom stereocenters. The Hall–Kier alpha value is -3.15. The molecule has 6 nitrogen and oxygen atoms in total. The standard InChI is InChI=1S/C20H22N2O4/c1-15(23)26-18-9-5-8-17(14-18)20(25)22-13-12-21-19(24)11-10-16-6-3-2-4-7-16/h2-9,14H,10-13H2,1H3,(H,21,24)(H,22,25). The van der Waals surface area contributed by atoms with Crippen molar-refractivity contribution >= 4 is 17.8 Å². The molecule has 2 rings (SSSR count). The molecule has 0 aromatic heterocycles. The predicted octanol–water partition coefficient (Wildman–Crippen LogP) is 2.09. The van der Waals surface area contributed by atoms with Gasteiger partial charge in [-0.05, 0) is 30.2 Å². The Morgan fingerprint density at radius 2 is 1.65 bits per heavy atom. The minimum absolute atomic E-state index is 0.0556. The maximum absolute atomic E-state index is 12.1. The molecule has 26 heavy (non-hydrogen) atoms. The van der Waals surface area contributed by atoms with Gasteiger partial charge in [0.1, 0.15) is 5.75 Å². The number of esters is 1. The Balaban J connectivity index is 1.68. The van der Waals surface area contributed by atoms with Gasteiger partial charge >= 0.3 is 5.97 Å². The molecule has 2 aromatic carbocycles. The Labute approximate surface area is 152 Å². The van der Waals surface area contributed by atoms with Gasteiger partial charge in [0.2, 0.25) is 5.91 Å². The fourth-order valence-corrected chi connectivity index (χ4v) is 2.34. The number of aryl methyl sites for hydroxylation is 1. The van der Waals surface area contributed by atoms with E-state index in [0.29, 0.717) is 37.2 Å². The highest BCUT2D eigenvalue weighted by Gasteiger charge is 2.08. The second-order valence-electron chi connectivity index (χ2n) is 5.71. The van der Waals surface area contributed by atoms with Crippen LogP contribution in [0.1, 0.15) is 29.3 Å². The number of amides is 2. The third-order valence-electron chi connectivity index (χ3n) is 3.57. The molecule has 136 valence electrons. The molecule has 0 spiro atoms. The third-order valence-corrected chi connectivity index (χ3v) is 3.57. The van der Waals surface area contributed by atoms with Crippen LogP contribution in [-0.4, -0.2) is 30.9 Å². The van der Waals surface area contributed by atoms with Gasteiger partial charge in [-0.15, -0.1) is 0 Å². The van der Waals surface area contributed by atoms with Gasteiger partial charge in [-0.3, -0.25) is 14.4 Å². The van der Waals surface area contributed by atoms with Crippen LogP contribution in [0.5, 0.6) is 5.75 Å². The fraction of sp³-hybridized carbons (Fsp3) is 0.250. The highest BCUT2D eigenvalue weighted by atomic mass is 16.5. The van der Waals surface area contributed by atoms with Crippen LogP contribution >= 0.6 is 0 Å². The van der Waals surface area contributed by atoms with E-state index in [0.717, 1.165) is 5.56 Å². The molecule has 0 aliphatic heterocycles. The number of rotatable bonds is 8. The van der Waals surface area contributed by atoms with Crippen molar-refractivity contribution < 1.29 is 19.1 Å². The summed E-state index contributed by atoms with van der Waals surface area (Å²) in [4.78, 5) is 34.8. The third kappa shape index (κ3) is 6.76. The van der Waals surface area contributed by atoms with E-state index < -0.39 is 5.97 Å². The molecule has 0 aliphatic carbocycles. The largest absolute Gasteiger partial charge is 0.427 e. The van der Waals surface area contributed by atoms with Crippen molar-refractivity contribution in [3.05, 3.63) is 65.7 Å². The number of benzene rings is 2. The summed E-state index contributed by atoms with van der Waals surface area (Å²) < 4.78 is 4.95. The Morgan fingerprint density at radius 3 is 2.38 bits per heavy atom. The number of ether oxygens (including phenoxy) is 1. The van der Waals surface area contributed by atoms with Gasteiger partial charge in [-0.2, -0.15) is 0 Å². The molecule has 2 amide bonds. The minimum atomic E-state index is -0.444. The molecule has 6 heteroatoms. The lowest BCUT2D eigenvalue weighted by Crippen LogP contribution is -2.34. The van der Waals surface area contributed by atoms with Crippen LogP contribution in [0, 0.1) is 0 Å². The quantitative estimate of drug-likeness (QED) is 0.432. The molecule has 0 saturated carbocycles. The van der Waals surface area contributed by atoms with E-state index >= 15 is 0 Å². The summed E-state index contributed by atoms with van der Waals surface area (Å²) in [6.45, 7) is 1.96. The van der Waals surface area contributed by atoms with Crippen molar-refractivity contribution in [3.8, 4) is 5.75 Å². The van der Waals surface area contributed by atoms with Gasteiger partial charge in [-0.1, -0.05) is 36.4 Å². The maximum Gasteiger partial charge on any atom is 0.308 e. The SMILES string of the molecule is CC(=O)Oc1cccc(C(=O)NCCNC(=O)CCc2ccccc2)c1. The number of nitrogens with one attached hydrogen (secondary N) is 2. The van der Waals surface area contributed by atoms with Crippen molar-refractivity contribution in [3.63, 3.8) is 0 Å². The van der Waals surface area contributed by atoms with E-state index in [9.17, 15) is 14.4 Å². The highest BCUT2D eigenvalue weighted by molar-refractivity contribution is 5.94. The Kier molecular flexibility index (Phi) is 7.36. The lowest BCUT2D eigenvalue weighted by Gasteiger charge is -2.08. The topological polar surface area (TPSA) is 84.5 Å². The lowest BCUT2D eigenvalue weighted by molar-refractivity contribution is -0.131. The summed E-state index contributed by atoms with van der Waals surface area (Å²) in [7, 11) is 0. The first-order valence-corrected chi connectivity index (χ1v) is 8.42. The predicted molar refractivity (Wildman–Crippen MR) is 97.9 cm³/mol. The van der Waals surface area contributed by atoms with Crippen molar-refractivity contribution in [2.45, 2.75) is 19.8 Å². The minimum Gasteiger partial charge on any atom is -0.427 e. The van der Waals surface area contributed by atoms with Crippen molar-refractivity contribution in [1.29, 1.82) is 0 Å². The molecule has 0 fully saturated rings. The molecule has 0 saturated heterocycles. The van der Waals surface area contributed by atoms with Crippen LogP contribution in [0.3, 0.4) is 0 Å². The monoisotopic (exact) mass is 354 g/mol. The van der Waals surface area contributed by atoms with E-state index in [2.05, 4.69) is 10.6 Å². The summed E-state index contributed by atoms with van der Waals surface area (Å²) in [6.07, 6.45) is 1.09. The number of carbonyl (C=O) groups is 3. The second-order valence-corrected chi connectivity index (χ2v) is 5.71. The number of hydrogen-bond donors (Lipinski definition) is 2. The molecule has 0 unspecified atom stereocenters. The van der Waals surface area contributed by atoms with E-state index in [1.54, 1.807) is 18.2 Å². The highest BCUT2D eigenvalue weighted by Crippen LogP contribution is 2.13. The summed E-state index contributed by atoms with van der Waals surface area (Å²) >= 11 is 0. The maximum atomic E-state index is 12.1. The van der Waals surface area contributed by atoms with Crippen LogP contribution < -0.4 is 15.4 Å². The molecule has 0 bridgehead atoms. The molecule has 2 aromatic rings. The summed E-state index contributed by atoms with van der Waals surface area (Å²) in [6, 6.07) is 16.2. The first-order valence-electron chi connectivity index (χ1n) is 8.42. The molecular formula is C20H22N2O4. The average molecular weight is 354 g/mol. The number of carbonyl (C=O) groups excluding carboxylic acids is 3. The zero-order chi connectivity index (χ0) is 18.8. The first-order chi connectivity index (χ1) is 12.5. The molecular weight excluding hydrogens is 332 g/mol. The smallest absolute Gasteiger partial charge is 0.308 e. The average Bonchev–Trinajstić information content (AvgIpc) is 2.64. The van der Waals surface area contributed by atoms with Gasteiger partial charge in [0.05, 0.1) is 0 Å². The fourth-order valence-electron chi connectivity index (χ4n) is 2.34. The van der Waals surface area contributed by atoms with Gasteiger partial charge in [0.15, 0.2) is 0 Å².